The Morgan fingerprint density at radius 1 is 1.15 bits per heavy atom. The topological polar surface area (TPSA) is 78.1 Å². The van der Waals surface area contributed by atoms with Gasteiger partial charge in [-0.25, -0.2) is 4.98 Å². The highest BCUT2D eigenvalue weighted by molar-refractivity contribution is 7.15. The number of H-pyrrole nitrogens is 1. The van der Waals surface area contributed by atoms with Crippen LogP contribution in [-0.2, 0) is 0 Å². The van der Waals surface area contributed by atoms with Crippen LogP contribution in [0.2, 0.25) is 0 Å². The lowest BCUT2D eigenvalue weighted by atomic mass is 10.1. The van der Waals surface area contributed by atoms with Gasteiger partial charge in [0.05, 0.1) is 21.5 Å². The van der Waals surface area contributed by atoms with Crippen LogP contribution in [-0.4, -0.2) is 45.3 Å². The van der Waals surface area contributed by atoms with Crippen molar-refractivity contribution in [3.63, 3.8) is 0 Å². The van der Waals surface area contributed by atoms with Gasteiger partial charge < -0.3 is 15.2 Å². The number of hydrogen-bond donors (Lipinski definition) is 2. The largest absolute Gasteiger partial charge is 0.360 e. The van der Waals surface area contributed by atoms with Crippen molar-refractivity contribution in [2.24, 2.45) is 5.92 Å². The minimum Gasteiger partial charge on any atom is -0.360 e. The molecule has 2 amide bonds. The second kappa shape index (κ2) is 8.09. The maximum atomic E-state index is 13.8. The Morgan fingerprint density at radius 2 is 2.00 bits per heavy atom. The number of aromatic nitrogens is 2. The van der Waals surface area contributed by atoms with Gasteiger partial charge >= 0.3 is 0 Å². The zero-order valence-corrected chi connectivity index (χ0v) is 20.0. The first-order valence-corrected chi connectivity index (χ1v) is 12.5. The number of carbonyl (C=O) groups is 2. The summed E-state index contributed by atoms with van der Waals surface area (Å²) in [7, 11) is 0. The maximum Gasteiger partial charge on any atom is 0.274 e. The summed E-state index contributed by atoms with van der Waals surface area (Å²) in [5, 5.41) is 4.88. The summed E-state index contributed by atoms with van der Waals surface area (Å²) in [6.07, 6.45) is 3.72. The number of aromatic amines is 1. The molecule has 34 heavy (non-hydrogen) atoms. The van der Waals surface area contributed by atoms with Gasteiger partial charge in [0.1, 0.15) is 5.69 Å². The van der Waals surface area contributed by atoms with Gasteiger partial charge in [-0.15, -0.1) is 11.3 Å². The van der Waals surface area contributed by atoms with E-state index in [0.717, 1.165) is 44.8 Å². The van der Waals surface area contributed by atoms with Crippen LogP contribution in [0.4, 0.5) is 0 Å². The van der Waals surface area contributed by atoms with E-state index < -0.39 is 0 Å². The monoisotopic (exact) mass is 470 g/mol. The highest BCUT2D eigenvalue weighted by atomic mass is 32.1. The number of nitrogens with one attached hydrogen (secondary N) is 2. The van der Waals surface area contributed by atoms with Crippen LogP contribution in [0.5, 0.6) is 0 Å². The summed E-state index contributed by atoms with van der Waals surface area (Å²) >= 11 is 1.57. The van der Waals surface area contributed by atoms with E-state index >= 15 is 0 Å². The van der Waals surface area contributed by atoms with Crippen molar-refractivity contribution in [3.05, 3.63) is 76.6 Å². The highest BCUT2D eigenvalue weighted by Gasteiger charge is 2.54. The molecule has 7 heteroatoms. The normalized spacial score (nSPS) is 21.0. The van der Waals surface area contributed by atoms with Crippen molar-refractivity contribution in [3.8, 4) is 10.4 Å². The summed E-state index contributed by atoms with van der Waals surface area (Å²) in [5.74, 6) is 0.397. The molecule has 2 fully saturated rings. The summed E-state index contributed by atoms with van der Waals surface area (Å²) in [6.45, 7) is 4.45. The Balaban J connectivity index is 1.23. The second-order valence-corrected chi connectivity index (χ2v) is 10.6. The lowest BCUT2D eigenvalue weighted by Crippen LogP contribution is -2.45. The number of amides is 2. The van der Waals surface area contributed by atoms with E-state index in [2.05, 4.69) is 34.3 Å². The standard InChI is InChI=1S/C27H26N4O2S/c1-15-6-5-7-17(10-15)25-24(30-16(2)34-25)27(33)31-19(11-18-12-23(18)31)13-29-26(32)21-14-28-22-9-4-3-8-20(21)22/h3-10,14,18-19,23,28H,11-13H2,1-2H3,(H,29,32)/t18-,19+,23+/m1/s1. The number of benzene rings is 2. The van der Waals surface area contributed by atoms with E-state index in [9.17, 15) is 9.59 Å². The van der Waals surface area contributed by atoms with Gasteiger partial charge in [-0.1, -0.05) is 48.0 Å². The highest BCUT2D eigenvalue weighted by Crippen LogP contribution is 2.48. The van der Waals surface area contributed by atoms with Crippen LogP contribution < -0.4 is 5.32 Å². The van der Waals surface area contributed by atoms with Gasteiger partial charge in [0.2, 0.25) is 0 Å². The molecule has 2 aliphatic rings. The predicted octanol–water partition coefficient (Wildman–Crippen LogP) is 4.94. The number of nitrogens with zero attached hydrogens (tertiary/aromatic N) is 2. The van der Waals surface area contributed by atoms with Gasteiger partial charge in [0, 0.05) is 29.7 Å². The first-order chi connectivity index (χ1) is 16.5. The van der Waals surface area contributed by atoms with E-state index in [1.807, 2.05) is 48.2 Å². The molecule has 1 aliphatic heterocycles. The Kier molecular flexibility index (Phi) is 5.03. The lowest BCUT2D eigenvalue weighted by Gasteiger charge is -2.27. The van der Waals surface area contributed by atoms with E-state index in [1.165, 1.54) is 0 Å². The molecule has 0 spiro atoms. The van der Waals surface area contributed by atoms with Gasteiger partial charge in [-0.2, -0.15) is 0 Å². The number of aryl methyl sites for hydroxylation is 2. The molecule has 2 aromatic heterocycles. The minimum atomic E-state index is -0.115. The molecule has 172 valence electrons. The summed E-state index contributed by atoms with van der Waals surface area (Å²) < 4.78 is 0. The zero-order chi connectivity index (χ0) is 23.4. The Labute approximate surface area is 202 Å². The van der Waals surface area contributed by atoms with Crippen molar-refractivity contribution < 1.29 is 9.59 Å². The molecular formula is C27H26N4O2S. The van der Waals surface area contributed by atoms with Gasteiger partial charge in [0.25, 0.3) is 11.8 Å². The maximum absolute atomic E-state index is 13.8. The summed E-state index contributed by atoms with van der Waals surface area (Å²) in [6, 6.07) is 16.2. The number of thiazole rings is 1. The number of hydrogen-bond acceptors (Lipinski definition) is 4. The van der Waals surface area contributed by atoms with E-state index in [1.54, 1.807) is 17.5 Å². The molecule has 1 saturated carbocycles. The minimum absolute atomic E-state index is 0.0160. The quantitative estimate of drug-likeness (QED) is 0.434. The number of likely N-dealkylation sites (tertiary alicyclic amines) is 1. The molecule has 2 aromatic carbocycles. The number of carbonyl (C=O) groups excluding carboxylic acids is 2. The van der Waals surface area contributed by atoms with Crippen LogP contribution >= 0.6 is 11.3 Å². The first-order valence-electron chi connectivity index (χ1n) is 11.7. The van der Waals surface area contributed by atoms with Crippen molar-refractivity contribution >= 4 is 34.1 Å². The number of piperidine rings is 1. The van der Waals surface area contributed by atoms with Gasteiger partial charge in [0.15, 0.2) is 0 Å². The molecule has 0 bridgehead atoms. The van der Waals surface area contributed by atoms with Crippen LogP contribution in [0.15, 0.2) is 54.7 Å². The number of para-hydroxylation sites is 1. The fourth-order valence-corrected chi connectivity index (χ4v) is 6.21. The molecule has 6 nitrogen and oxygen atoms in total. The smallest absolute Gasteiger partial charge is 0.274 e. The lowest BCUT2D eigenvalue weighted by molar-refractivity contribution is 0.0684. The van der Waals surface area contributed by atoms with Gasteiger partial charge in [-0.3, -0.25) is 9.59 Å². The molecular weight excluding hydrogens is 444 g/mol. The third kappa shape index (κ3) is 3.60. The number of fused-ring (bicyclic) bond motifs is 2. The average molecular weight is 471 g/mol. The second-order valence-electron chi connectivity index (χ2n) is 9.40. The average Bonchev–Trinajstić information content (AvgIpc) is 3.17. The van der Waals surface area contributed by atoms with Crippen molar-refractivity contribution in [2.45, 2.75) is 38.8 Å². The fourth-order valence-electron chi connectivity index (χ4n) is 5.30. The number of rotatable bonds is 5. The molecule has 3 atom stereocenters. The first kappa shape index (κ1) is 21.1. The molecule has 0 radical (unpaired) electrons. The SMILES string of the molecule is Cc1cccc(-c2sc(C)nc2C(=O)N2[C@H](CNC(=O)c3c[nH]c4ccccc34)C[C@@H]3C[C@@H]32)c1. The van der Waals surface area contributed by atoms with Crippen molar-refractivity contribution in [1.82, 2.24) is 20.2 Å². The van der Waals surface area contributed by atoms with E-state index in [0.29, 0.717) is 23.7 Å². The Morgan fingerprint density at radius 3 is 2.85 bits per heavy atom. The third-order valence-corrected chi connectivity index (χ3v) is 8.01. The summed E-state index contributed by atoms with van der Waals surface area (Å²) in [4.78, 5) is 37.5. The molecule has 1 aliphatic carbocycles. The fraction of sp³-hybridized carbons (Fsp3) is 0.296. The van der Waals surface area contributed by atoms with Crippen molar-refractivity contribution in [2.75, 3.05) is 6.54 Å². The van der Waals surface area contributed by atoms with Crippen LogP contribution in [0, 0.1) is 19.8 Å². The van der Waals surface area contributed by atoms with Crippen molar-refractivity contribution in [1.29, 1.82) is 0 Å². The Hall–Kier alpha value is -3.45. The molecule has 6 rings (SSSR count). The molecule has 3 heterocycles. The molecule has 4 aromatic rings. The molecule has 1 saturated heterocycles. The van der Waals surface area contributed by atoms with Crippen LogP contribution in [0.3, 0.4) is 0 Å². The van der Waals surface area contributed by atoms with Crippen LogP contribution in [0.1, 0.15) is 44.3 Å². The predicted molar refractivity (Wildman–Crippen MR) is 134 cm³/mol. The van der Waals surface area contributed by atoms with Gasteiger partial charge in [-0.05, 0) is 44.2 Å². The van der Waals surface area contributed by atoms with E-state index in [4.69, 9.17) is 0 Å². The van der Waals surface area contributed by atoms with E-state index in [-0.39, 0.29) is 23.9 Å². The Bertz CT molecular complexity index is 1420. The molecule has 2 N–H and O–H groups in total. The molecule has 0 unspecified atom stereocenters. The van der Waals surface area contributed by atoms with Crippen LogP contribution in [0.25, 0.3) is 21.3 Å². The summed E-state index contributed by atoms with van der Waals surface area (Å²) in [5.41, 5.74) is 4.30. The third-order valence-electron chi connectivity index (χ3n) is 6.99. The zero-order valence-electron chi connectivity index (χ0n) is 19.2.